The number of benzene rings is 3. The first-order valence-electron chi connectivity index (χ1n) is 11.5. The van der Waals surface area contributed by atoms with Gasteiger partial charge in [-0.05, 0) is 54.3 Å². The Morgan fingerprint density at radius 2 is 1.74 bits per heavy atom. The first-order valence-corrected chi connectivity index (χ1v) is 11.5. The van der Waals surface area contributed by atoms with Gasteiger partial charge in [-0.2, -0.15) is 4.98 Å². The van der Waals surface area contributed by atoms with Crippen molar-refractivity contribution in [2.24, 2.45) is 0 Å². The van der Waals surface area contributed by atoms with Gasteiger partial charge in [0.05, 0.1) is 25.6 Å². The predicted octanol–water partition coefficient (Wildman–Crippen LogP) is 5.06. The van der Waals surface area contributed by atoms with E-state index in [0.29, 0.717) is 12.4 Å². The molecular weight excluding hydrogens is 445 g/mol. The van der Waals surface area contributed by atoms with Crippen molar-refractivity contribution in [2.75, 3.05) is 17.7 Å². The summed E-state index contributed by atoms with van der Waals surface area (Å²) in [5, 5.41) is 10.8. The Morgan fingerprint density at radius 3 is 2.43 bits per heavy atom. The fraction of sp³-hybridized carbons (Fsp3) is 0.222. The molecule has 8 heteroatoms. The SMILES string of the molecule is COc1ccc(CC(=O)Nc2nc3n(n2)[C@H](c2ccc(F)cc2)C[C@@H](c2ccc(C)cc2)N3)cc1. The van der Waals surface area contributed by atoms with Crippen LogP contribution in [0.1, 0.15) is 40.8 Å². The summed E-state index contributed by atoms with van der Waals surface area (Å²) in [6, 6.07) is 21.9. The molecule has 2 atom stereocenters. The number of fused-ring (bicyclic) bond motifs is 1. The fourth-order valence-electron chi connectivity index (χ4n) is 4.31. The van der Waals surface area contributed by atoms with Crippen LogP contribution < -0.4 is 15.4 Å². The van der Waals surface area contributed by atoms with Crippen LogP contribution in [0.15, 0.2) is 72.8 Å². The van der Waals surface area contributed by atoms with Crippen LogP contribution >= 0.6 is 0 Å². The van der Waals surface area contributed by atoms with Gasteiger partial charge in [0, 0.05) is 0 Å². The summed E-state index contributed by atoms with van der Waals surface area (Å²) in [6.07, 6.45) is 0.888. The van der Waals surface area contributed by atoms with E-state index in [4.69, 9.17) is 4.74 Å². The van der Waals surface area contributed by atoms with Gasteiger partial charge in [-0.1, -0.05) is 54.1 Å². The molecule has 2 N–H and O–H groups in total. The first kappa shape index (κ1) is 22.6. The summed E-state index contributed by atoms with van der Waals surface area (Å²) in [6.45, 7) is 2.05. The maximum absolute atomic E-state index is 13.6. The number of aromatic nitrogens is 3. The van der Waals surface area contributed by atoms with E-state index in [-0.39, 0.29) is 36.2 Å². The molecule has 0 bridgehead atoms. The molecule has 2 heterocycles. The third kappa shape index (κ3) is 5.01. The van der Waals surface area contributed by atoms with Crippen LogP contribution in [-0.2, 0) is 11.2 Å². The lowest BCUT2D eigenvalue weighted by molar-refractivity contribution is -0.115. The summed E-state index contributed by atoms with van der Waals surface area (Å²) < 4.78 is 20.5. The van der Waals surface area contributed by atoms with Crippen molar-refractivity contribution in [1.82, 2.24) is 14.8 Å². The Balaban J connectivity index is 1.40. The molecular formula is C27H26FN5O2. The summed E-state index contributed by atoms with van der Waals surface area (Å²) in [4.78, 5) is 17.2. The molecule has 3 aromatic carbocycles. The van der Waals surface area contributed by atoms with E-state index < -0.39 is 0 Å². The number of hydrogen-bond donors (Lipinski definition) is 2. The predicted molar refractivity (Wildman–Crippen MR) is 132 cm³/mol. The maximum Gasteiger partial charge on any atom is 0.250 e. The highest BCUT2D eigenvalue weighted by atomic mass is 19.1. The van der Waals surface area contributed by atoms with Gasteiger partial charge in [-0.25, -0.2) is 9.07 Å². The number of ether oxygens (including phenoxy) is 1. The second kappa shape index (κ2) is 9.58. The van der Waals surface area contributed by atoms with Crippen LogP contribution in [0, 0.1) is 12.7 Å². The van der Waals surface area contributed by atoms with Crippen molar-refractivity contribution in [1.29, 1.82) is 0 Å². The minimum atomic E-state index is -0.289. The summed E-state index contributed by atoms with van der Waals surface area (Å²) in [5.41, 5.74) is 4.09. The lowest BCUT2D eigenvalue weighted by Crippen LogP contribution is -2.28. The molecule has 0 fully saturated rings. The molecule has 5 rings (SSSR count). The van der Waals surface area contributed by atoms with E-state index >= 15 is 0 Å². The number of halogens is 1. The van der Waals surface area contributed by atoms with Gasteiger partial charge in [-0.15, -0.1) is 5.10 Å². The van der Waals surface area contributed by atoms with E-state index in [1.807, 2.05) is 24.3 Å². The Bertz CT molecular complexity index is 1320. The molecule has 0 aliphatic carbocycles. The van der Waals surface area contributed by atoms with Crippen molar-refractivity contribution >= 4 is 17.8 Å². The third-order valence-corrected chi connectivity index (χ3v) is 6.20. The Kier molecular flexibility index (Phi) is 6.18. The Labute approximate surface area is 203 Å². The molecule has 0 saturated heterocycles. The Morgan fingerprint density at radius 1 is 1.06 bits per heavy atom. The number of carbonyl (C=O) groups is 1. The smallest absolute Gasteiger partial charge is 0.250 e. The number of nitrogens with one attached hydrogen (secondary N) is 2. The van der Waals surface area contributed by atoms with Crippen LogP contribution in [0.3, 0.4) is 0 Å². The van der Waals surface area contributed by atoms with Crippen LogP contribution in [0.2, 0.25) is 0 Å². The first-order chi connectivity index (χ1) is 17.0. The fourth-order valence-corrected chi connectivity index (χ4v) is 4.31. The molecule has 1 amide bonds. The van der Waals surface area contributed by atoms with Gasteiger partial charge in [0.25, 0.3) is 5.95 Å². The average molecular weight is 472 g/mol. The molecule has 1 aliphatic heterocycles. The molecule has 35 heavy (non-hydrogen) atoms. The molecule has 0 radical (unpaired) electrons. The molecule has 1 aromatic heterocycles. The number of carbonyl (C=O) groups excluding carboxylic acids is 1. The molecule has 4 aromatic rings. The van der Waals surface area contributed by atoms with Crippen LogP contribution in [-0.4, -0.2) is 27.8 Å². The molecule has 178 valence electrons. The maximum atomic E-state index is 13.6. The van der Waals surface area contributed by atoms with Gasteiger partial charge in [-0.3, -0.25) is 10.1 Å². The number of amides is 1. The largest absolute Gasteiger partial charge is 0.497 e. The van der Waals surface area contributed by atoms with Gasteiger partial charge in [0.1, 0.15) is 11.6 Å². The quantitative estimate of drug-likeness (QED) is 0.411. The van der Waals surface area contributed by atoms with E-state index in [0.717, 1.165) is 22.4 Å². The van der Waals surface area contributed by atoms with Crippen molar-refractivity contribution in [3.05, 3.63) is 101 Å². The van der Waals surface area contributed by atoms with Crippen molar-refractivity contribution < 1.29 is 13.9 Å². The highest BCUT2D eigenvalue weighted by molar-refractivity contribution is 5.90. The topological polar surface area (TPSA) is 81.1 Å². The number of methoxy groups -OCH3 is 1. The van der Waals surface area contributed by atoms with Crippen LogP contribution in [0.4, 0.5) is 16.3 Å². The highest BCUT2D eigenvalue weighted by Crippen LogP contribution is 2.38. The number of rotatable bonds is 6. The van der Waals surface area contributed by atoms with Gasteiger partial charge < -0.3 is 10.1 Å². The number of aryl methyl sites for hydroxylation is 1. The highest BCUT2D eigenvalue weighted by Gasteiger charge is 2.31. The molecule has 0 saturated carbocycles. The summed E-state index contributed by atoms with van der Waals surface area (Å²) in [5.74, 6) is 1.01. The summed E-state index contributed by atoms with van der Waals surface area (Å²) >= 11 is 0. The average Bonchev–Trinajstić information content (AvgIpc) is 3.27. The lowest BCUT2D eigenvalue weighted by Gasteiger charge is -2.31. The summed E-state index contributed by atoms with van der Waals surface area (Å²) in [7, 11) is 1.60. The van der Waals surface area contributed by atoms with E-state index in [9.17, 15) is 9.18 Å². The lowest BCUT2D eigenvalue weighted by atomic mass is 9.93. The van der Waals surface area contributed by atoms with E-state index in [1.54, 1.807) is 23.9 Å². The van der Waals surface area contributed by atoms with Crippen molar-refractivity contribution in [3.63, 3.8) is 0 Å². The van der Waals surface area contributed by atoms with Crippen LogP contribution in [0.5, 0.6) is 5.75 Å². The normalized spacial score (nSPS) is 16.8. The number of nitrogens with zero attached hydrogens (tertiary/aromatic N) is 3. The van der Waals surface area contributed by atoms with E-state index in [2.05, 4.69) is 51.9 Å². The number of hydrogen-bond acceptors (Lipinski definition) is 5. The molecule has 0 unspecified atom stereocenters. The molecule has 0 spiro atoms. The number of anilines is 2. The zero-order valence-electron chi connectivity index (χ0n) is 19.5. The second-order valence-electron chi connectivity index (χ2n) is 8.69. The van der Waals surface area contributed by atoms with Gasteiger partial charge in [0.2, 0.25) is 11.9 Å². The standard InChI is InChI=1S/C27H26FN5O2/c1-17-3-7-19(8-4-17)23-16-24(20-9-11-21(28)12-10-20)33-27(29-23)31-26(32-33)30-25(34)15-18-5-13-22(35-2)14-6-18/h3-14,23-24H,15-16H2,1-2H3,(H2,29,30,31,32,34)/t23-,24-/m0/s1. The molecule has 1 aliphatic rings. The van der Waals surface area contributed by atoms with Crippen molar-refractivity contribution in [2.45, 2.75) is 31.8 Å². The van der Waals surface area contributed by atoms with E-state index in [1.165, 1.54) is 17.7 Å². The Hall–Kier alpha value is -4.20. The van der Waals surface area contributed by atoms with Gasteiger partial charge >= 0.3 is 0 Å². The van der Waals surface area contributed by atoms with Crippen molar-refractivity contribution in [3.8, 4) is 5.75 Å². The minimum absolute atomic E-state index is 0.00907. The van der Waals surface area contributed by atoms with Gasteiger partial charge in [0.15, 0.2) is 0 Å². The zero-order valence-corrected chi connectivity index (χ0v) is 19.5. The second-order valence-corrected chi connectivity index (χ2v) is 8.69. The minimum Gasteiger partial charge on any atom is -0.497 e. The van der Waals surface area contributed by atoms with Crippen LogP contribution in [0.25, 0.3) is 0 Å². The zero-order chi connectivity index (χ0) is 24.4. The third-order valence-electron chi connectivity index (χ3n) is 6.20. The molecule has 7 nitrogen and oxygen atoms in total. The monoisotopic (exact) mass is 471 g/mol.